The second-order valence-corrected chi connectivity index (χ2v) is 5.08. The molecule has 2 N–H and O–H groups in total. The second-order valence-electron chi connectivity index (χ2n) is 5.08. The number of nitrogen functional groups attached to an aromatic ring is 1. The van der Waals surface area contributed by atoms with Crippen LogP contribution in [0.2, 0.25) is 0 Å². The van der Waals surface area contributed by atoms with Crippen LogP contribution in [0.25, 0.3) is 11.3 Å². The summed E-state index contributed by atoms with van der Waals surface area (Å²) >= 11 is 0. The number of hydrogen-bond donors (Lipinski definition) is 1. The van der Waals surface area contributed by atoms with Gasteiger partial charge in [0.2, 0.25) is 0 Å². The predicted octanol–water partition coefficient (Wildman–Crippen LogP) is 3.26. The van der Waals surface area contributed by atoms with E-state index >= 15 is 0 Å². The zero-order valence-corrected chi connectivity index (χ0v) is 11.2. The molecule has 0 atom stereocenters. The van der Waals surface area contributed by atoms with Gasteiger partial charge in [-0.3, -0.25) is 4.68 Å². The quantitative estimate of drug-likeness (QED) is 0.918. The third-order valence-electron chi connectivity index (χ3n) is 3.80. The lowest BCUT2D eigenvalue weighted by molar-refractivity contribution is 0.415. The molecule has 1 heterocycles. The summed E-state index contributed by atoms with van der Waals surface area (Å²) in [6, 6.07) is 8.38. The third-order valence-corrected chi connectivity index (χ3v) is 3.80. The SMILES string of the molecule is COc1cccc(-c2nn(C3CCCC3)cc2N)c1. The molecule has 0 unspecified atom stereocenters. The monoisotopic (exact) mass is 257 g/mol. The van der Waals surface area contributed by atoms with Gasteiger partial charge in [-0.1, -0.05) is 25.0 Å². The van der Waals surface area contributed by atoms with E-state index in [1.54, 1.807) is 7.11 Å². The van der Waals surface area contributed by atoms with E-state index in [4.69, 9.17) is 10.5 Å². The Morgan fingerprint density at radius 3 is 2.84 bits per heavy atom. The Hall–Kier alpha value is -1.97. The molecule has 1 aromatic heterocycles. The number of nitrogens with zero attached hydrogens (tertiary/aromatic N) is 2. The number of methoxy groups -OCH3 is 1. The average Bonchev–Trinajstić information content (AvgIpc) is 3.07. The van der Waals surface area contributed by atoms with Crippen LogP contribution in [0.15, 0.2) is 30.5 Å². The molecule has 4 nitrogen and oxygen atoms in total. The first-order valence-electron chi connectivity index (χ1n) is 6.77. The van der Waals surface area contributed by atoms with E-state index in [-0.39, 0.29) is 0 Å². The highest BCUT2D eigenvalue weighted by Crippen LogP contribution is 2.33. The Morgan fingerprint density at radius 2 is 2.11 bits per heavy atom. The van der Waals surface area contributed by atoms with E-state index in [9.17, 15) is 0 Å². The minimum absolute atomic E-state index is 0.515. The third kappa shape index (κ3) is 2.30. The molecule has 0 amide bonds. The van der Waals surface area contributed by atoms with E-state index in [0.717, 1.165) is 22.7 Å². The van der Waals surface area contributed by atoms with Crippen molar-refractivity contribution in [3.8, 4) is 17.0 Å². The van der Waals surface area contributed by atoms with Crippen LogP contribution in [0.3, 0.4) is 0 Å². The molecule has 3 rings (SSSR count). The van der Waals surface area contributed by atoms with E-state index in [1.165, 1.54) is 25.7 Å². The Bertz CT molecular complexity index is 571. The van der Waals surface area contributed by atoms with Gasteiger partial charge in [0.15, 0.2) is 0 Å². The summed E-state index contributed by atoms with van der Waals surface area (Å²) in [5, 5.41) is 4.67. The maximum Gasteiger partial charge on any atom is 0.119 e. The number of benzene rings is 1. The second kappa shape index (κ2) is 4.96. The van der Waals surface area contributed by atoms with Crippen molar-refractivity contribution >= 4 is 5.69 Å². The lowest BCUT2D eigenvalue weighted by Crippen LogP contribution is -2.04. The predicted molar refractivity (Wildman–Crippen MR) is 76.1 cm³/mol. The van der Waals surface area contributed by atoms with Crippen molar-refractivity contribution in [3.63, 3.8) is 0 Å². The van der Waals surface area contributed by atoms with Crippen LogP contribution in [0, 0.1) is 0 Å². The average molecular weight is 257 g/mol. The lowest BCUT2D eigenvalue weighted by atomic mass is 10.1. The van der Waals surface area contributed by atoms with Gasteiger partial charge in [-0.2, -0.15) is 5.10 Å². The fourth-order valence-electron chi connectivity index (χ4n) is 2.76. The van der Waals surface area contributed by atoms with Crippen molar-refractivity contribution in [3.05, 3.63) is 30.5 Å². The fraction of sp³-hybridized carbons (Fsp3) is 0.400. The summed E-state index contributed by atoms with van der Waals surface area (Å²) in [6.45, 7) is 0. The number of ether oxygens (including phenoxy) is 1. The fourth-order valence-corrected chi connectivity index (χ4v) is 2.76. The van der Waals surface area contributed by atoms with Crippen LogP contribution in [0.4, 0.5) is 5.69 Å². The zero-order chi connectivity index (χ0) is 13.2. The zero-order valence-electron chi connectivity index (χ0n) is 11.2. The van der Waals surface area contributed by atoms with Gasteiger partial charge in [0.1, 0.15) is 11.4 Å². The first-order chi connectivity index (χ1) is 9.28. The van der Waals surface area contributed by atoms with Crippen molar-refractivity contribution in [2.75, 3.05) is 12.8 Å². The highest BCUT2D eigenvalue weighted by molar-refractivity contribution is 5.72. The Balaban J connectivity index is 1.95. The minimum Gasteiger partial charge on any atom is -0.497 e. The molecule has 2 aromatic rings. The van der Waals surface area contributed by atoms with Crippen LogP contribution in [0.1, 0.15) is 31.7 Å². The standard InChI is InChI=1S/C15H19N3O/c1-19-13-8-4-5-11(9-13)15-14(16)10-18(17-15)12-6-2-3-7-12/h4-5,8-10,12H,2-3,6-7,16H2,1H3. The molecule has 0 spiro atoms. The van der Waals surface area contributed by atoms with Gasteiger partial charge >= 0.3 is 0 Å². The summed E-state index contributed by atoms with van der Waals surface area (Å²) in [5.74, 6) is 0.826. The molecule has 1 aliphatic carbocycles. The molecular formula is C15H19N3O. The normalized spacial score (nSPS) is 15.8. The Kier molecular flexibility index (Phi) is 3.15. The van der Waals surface area contributed by atoms with E-state index < -0.39 is 0 Å². The summed E-state index contributed by atoms with van der Waals surface area (Å²) in [6.07, 6.45) is 6.96. The van der Waals surface area contributed by atoms with Gasteiger partial charge in [-0.15, -0.1) is 0 Å². The first-order valence-corrected chi connectivity index (χ1v) is 6.77. The number of aromatic nitrogens is 2. The van der Waals surface area contributed by atoms with Gasteiger partial charge in [0.25, 0.3) is 0 Å². The van der Waals surface area contributed by atoms with Crippen molar-refractivity contribution in [2.24, 2.45) is 0 Å². The van der Waals surface area contributed by atoms with Gasteiger partial charge in [0.05, 0.1) is 18.8 Å². The molecule has 4 heteroatoms. The summed E-state index contributed by atoms with van der Waals surface area (Å²) in [5.41, 5.74) is 8.71. The van der Waals surface area contributed by atoms with Crippen molar-refractivity contribution in [2.45, 2.75) is 31.7 Å². The van der Waals surface area contributed by atoms with E-state index in [0.29, 0.717) is 6.04 Å². The molecule has 0 saturated heterocycles. The molecule has 0 aliphatic heterocycles. The molecule has 1 saturated carbocycles. The summed E-state index contributed by atoms with van der Waals surface area (Å²) in [4.78, 5) is 0. The highest BCUT2D eigenvalue weighted by Gasteiger charge is 2.19. The first kappa shape index (κ1) is 12.1. The van der Waals surface area contributed by atoms with Crippen LogP contribution in [0.5, 0.6) is 5.75 Å². The van der Waals surface area contributed by atoms with Crippen LogP contribution < -0.4 is 10.5 Å². The van der Waals surface area contributed by atoms with Crippen LogP contribution >= 0.6 is 0 Å². The summed E-state index contributed by atoms with van der Waals surface area (Å²) in [7, 11) is 1.67. The van der Waals surface area contributed by atoms with Gasteiger partial charge < -0.3 is 10.5 Å². The number of rotatable bonds is 3. The minimum atomic E-state index is 0.515. The molecule has 1 aromatic carbocycles. The van der Waals surface area contributed by atoms with Gasteiger partial charge in [-0.25, -0.2) is 0 Å². The number of hydrogen-bond acceptors (Lipinski definition) is 3. The Labute approximate surface area is 113 Å². The van der Waals surface area contributed by atoms with E-state index in [2.05, 4.69) is 5.10 Å². The molecule has 19 heavy (non-hydrogen) atoms. The van der Waals surface area contributed by atoms with Gasteiger partial charge in [-0.05, 0) is 25.0 Å². The van der Waals surface area contributed by atoms with Crippen molar-refractivity contribution in [1.82, 2.24) is 9.78 Å². The largest absolute Gasteiger partial charge is 0.497 e. The molecule has 0 radical (unpaired) electrons. The summed E-state index contributed by atoms with van der Waals surface area (Å²) < 4.78 is 7.29. The van der Waals surface area contributed by atoms with E-state index in [1.807, 2.05) is 35.1 Å². The molecular weight excluding hydrogens is 238 g/mol. The van der Waals surface area contributed by atoms with Gasteiger partial charge in [0, 0.05) is 11.8 Å². The van der Waals surface area contributed by atoms with Crippen LogP contribution in [-0.2, 0) is 0 Å². The molecule has 0 bridgehead atoms. The topological polar surface area (TPSA) is 53.1 Å². The van der Waals surface area contributed by atoms with Crippen molar-refractivity contribution < 1.29 is 4.74 Å². The maximum absolute atomic E-state index is 6.11. The smallest absolute Gasteiger partial charge is 0.119 e. The number of anilines is 1. The lowest BCUT2D eigenvalue weighted by Gasteiger charge is -2.08. The molecule has 1 aliphatic rings. The maximum atomic E-state index is 6.11. The highest BCUT2D eigenvalue weighted by atomic mass is 16.5. The molecule has 1 fully saturated rings. The number of nitrogens with two attached hydrogens (primary N) is 1. The van der Waals surface area contributed by atoms with Crippen molar-refractivity contribution in [1.29, 1.82) is 0 Å². The molecule has 100 valence electrons. The Morgan fingerprint density at radius 1 is 1.32 bits per heavy atom. The van der Waals surface area contributed by atoms with Crippen LogP contribution in [-0.4, -0.2) is 16.9 Å².